The Hall–Kier alpha value is -1.23. The fourth-order valence-corrected chi connectivity index (χ4v) is 4.41. The summed E-state index contributed by atoms with van der Waals surface area (Å²) in [6.45, 7) is 1.89. The predicted molar refractivity (Wildman–Crippen MR) is 82.9 cm³/mol. The van der Waals surface area contributed by atoms with Crippen molar-refractivity contribution in [2.24, 2.45) is 0 Å². The van der Waals surface area contributed by atoms with Crippen LogP contribution in [0.5, 0.6) is 0 Å². The van der Waals surface area contributed by atoms with Crippen LogP contribution in [0, 0.1) is 6.92 Å². The number of nitrogen functional groups attached to an aromatic ring is 1. The van der Waals surface area contributed by atoms with Gasteiger partial charge in [0.2, 0.25) is 0 Å². The number of aryl methyl sites for hydroxylation is 1. The highest BCUT2D eigenvalue weighted by atomic mass is 35.5. The number of anilines is 1. The number of benzene rings is 2. The van der Waals surface area contributed by atoms with Gasteiger partial charge in [0.1, 0.15) is 4.90 Å². The summed E-state index contributed by atoms with van der Waals surface area (Å²) in [6, 6.07) is 9.85. The van der Waals surface area contributed by atoms with Crippen LogP contribution in [0.15, 0.2) is 41.3 Å². The van der Waals surface area contributed by atoms with E-state index in [1.807, 2.05) is 13.0 Å². The van der Waals surface area contributed by atoms with E-state index in [4.69, 9.17) is 28.9 Å². The Labute approximate surface area is 128 Å². The van der Waals surface area contributed by atoms with Crippen LogP contribution in [-0.4, -0.2) is 8.42 Å². The molecule has 2 aromatic carbocycles. The Bertz CT molecular complexity index is 738. The molecule has 0 bridgehead atoms. The lowest BCUT2D eigenvalue weighted by Gasteiger charge is -2.10. The maximum Gasteiger partial charge on any atom is 0.186 e. The van der Waals surface area contributed by atoms with E-state index in [1.54, 1.807) is 18.2 Å². The van der Waals surface area contributed by atoms with Crippen LogP contribution >= 0.6 is 23.2 Å². The largest absolute Gasteiger partial charge is 0.398 e. The summed E-state index contributed by atoms with van der Waals surface area (Å²) < 4.78 is 24.9. The van der Waals surface area contributed by atoms with E-state index >= 15 is 0 Å². The Kier molecular flexibility index (Phi) is 4.28. The molecule has 0 saturated carbocycles. The second kappa shape index (κ2) is 5.64. The van der Waals surface area contributed by atoms with Gasteiger partial charge in [0, 0.05) is 5.02 Å². The first-order valence-corrected chi connectivity index (χ1v) is 8.24. The molecule has 6 heteroatoms. The van der Waals surface area contributed by atoms with Crippen LogP contribution in [0.25, 0.3) is 0 Å². The Morgan fingerprint density at radius 1 is 1.10 bits per heavy atom. The molecule has 0 saturated heterocycles. The molecule has 0 aliphatic heterocycles. The fraction of sp³-hybridized carbons (Fsp3) is 0.143. The first-order valence-electron chi connectivity index (χ1n) is 5.83. The average molecular weight is 330 g/mol. The van der Waals surface area contributed by atoms with Gasteiger partial charge in [-0.15, -0.1) is 0 Å². The number of rotatable bonds is 3. The van der Waals surface area contributed by atoms with E-state index in [0.29, 0.717) is 10.6 Å². The van der Waals surface area contributed by atoms with E-state index in [0.717, 1.165) is 5.56 Å². The highest BCUT2D eigenvalue weighted by Crippen LogP contribution is 2.31. The van der Waals surface area contributed by atoms with Gasteiger partial charge in [-0.3, -0.25) is 0 Å². The van der Waals surface area contributed by atoms with Gasteiger partial charge in [-0.25, -0.2) is 8.42 Å². The topological polar surface area (TPSA) is 60.2 Å². The van der Waals surface area contributed by atoms with Crippen LogP contribution in [0.4, 0.5) is 5.69 Å². The molecule has 0 fully saturated rings. The normalized spacial score (nSPS) is 11.6. The highest BCUT2D eigenvalue weighted by Gasteiger charge is 2.22. The first kappa shape index (κ1) is 15.2. The molecule has 106 valence electrons. The zero-order chi connectivity index (χ0) is 14.9. The van der Waals surface area contributed by atoms with Gasteiger partial charge in [0.15, 0.2) is 9.84 Å². The van der Waals surface area contributed by atoms with Gasteiger partial charge in [-0.05, 0) is 36.2 Å². The standard InChI is InChI=1S/C14H13Cl2NO2S/c1-9-5-6-10(12(16)7-9)8-20(18,19)14-11(15)3-2-4-13(14)17/h2-7H,8,17H2,1H3. The van der Waals surface area contributed by atoms with Crippen molar-refractivity contribution in [2.75, 3.05) is 5.73 Å². The van der Waals surface area contributed by atoms with Crippen molar-refractivity contribution < 1.29 is 8.42 Å². The monoisotopic (exact) mass is 329 g/mol. The molecule has 0 aromatic heterocycles. The van der Waals surface area contributed by atoms with Crippen LogP contribution in [-0.2, 0) is 15.6 Å². The minimum atomic E-state index is -3.65. The van der Waals surface area contributed by atoms with Gasteiger partial charge in [-0.2, -0.15) is 0 Å². The maximum atomic E-state index is 12.5. The summed E-state index contributed by atoms with van der Waals surface area (Å²) in [4.78, 5) is -0.0432. The van der Waals surface area contributed by atoms with E-state index in [2.05, 4.69) is 0 Å². The predicted octanol–water partition coefficient (Wildman–Crippen LogP) is 3.86. The zero-order valence-corrected chi connectivity index (χ0v) is 13.1. The fourth-order valence-electron chi connectivity index (χ4n) is 1.90. The molecular formula is C14H13Cl2NO2S. The number of hydrogen-bond donors (Lipinski definition) is 1. The Morgan fingerprint density at radius 3 is 2.40 bits per heavy atom. The summed E-state index contributed by atoms with van der Waals surface area (Å²) in [6.07, 6.45) is 0. The molecule has 2 rings (SSSR count). The minimum absolute atomic E-state index is 0.0432. The number of halogens is 2. The molecule has 0 amide bonds. The number of nitrogens with two attached hydrogens (primary N) is 1. The molecule has 20 heavy (non-hydrogen) atoms. The smallest absolute Gasteiger partial charge is 0.186 e. The van der Waals surface area contributed by atoms with Crippen LogP contribution in [0.3, 0.4) is 0 Å². The van der Waals surface area contributed by atoms with Crippen molar-refractivity contribution in [3.05, 3.63) is 57.6 Å². The molecule has 2 N–H and O–H groups in total. The number of hydrogen-bond acceptors (Lipinski definition) is 3. The minimum Gasteiger partial charge on any atom is -0.398 e. The molecule has 0 spiro atoms. The maximum absolute atomic E-state index is 12.5. The third-order valence-corrected chi connectivity index (χ3v) is 5.41. The summed E-state index contributed by atoms with van der Waals surface area (Å²) in [5.41, 5.74) is 7.36. The lowest BCUT2D eigenvalue weighted by molar-refractivity contribution is 0.595. The molecular weight excluding hydrogens is 317 g/mol. The molecule has 0 aliphatic rings. The number of sulfone groups is 1. The van der Waals surface area contributed by atoms with Gasteiger partial charge < -0.3 is 5.73 Å². The lowest BCUT2D eigenvalue weighted by Crippen LogP contribution is -2.09. The molecule has 0 atom stereocenters. The van der Waals surface area contributed by atoms with Crippen molar-refractivity contribution in [2.45, 2.75) is 17.6 Å². The van der Waals surface area contributed by atoms with E-state index in [9.17, 15) is 8.42 Å². The average Bonchev–Trinajstić information content (AvgIpc) is 2.32. The summed E-state index contributed by atoms with van der Waals surface area (Å²) in [7, 11) is -3.65. The van der Waals surface area contributed by atoms with Crippen molar-refractivity contribution in [3.63, 3.8) is 0 Å². The molecule has 2 aromatic rings. The van der Waals surface area contributed by atoms with Crippen molar-refractivity contribution in [1.82, 2.24) is 0 Å². The SMILES string of the molecule is Cc1ccc(CS(=O)(=O)c2c(N)cccc2Cl)c(Cl)c1. The quantitative estimate of drug-likeness (QED) is 0.870. The zero-order valence-electron chi connectivity index (χ0n) is 10.7. The Morgan fingerprint density at radius 2 is 1.80 bits per heavy atom. The van der Waals surface area contributed by atoms with Crippen molar-refractivity contribution in [1.29, 1.82) is 0 Å². The molecule has 0 heterocycles. The third-order valence-electron chi connectivity index (χ3n) is 2.86. The van der Waals surface area contributed by atoms with Gasteiger partial charge in [-0.1, -0.05) is 41.4 Å². The lowest BCUT2D eigenvalue weighted by atomic mass is 10.2. The van der Waals surface area contributed by atoms with E-state index in [-0.39, 0.29) is 21.4 Å². The van der Waals surface area contributed by atoms with E-state index < -0.39 is 9.84 Å². The first-order chi connectivity index (χ1) is 9.31. The molecule has 0 radical (unpaired) electrons. The van der Waals surface area contributed by atoms with Crippen LogP contribution in [0.1, 0.15) is 11.1 Å². The van der Waals surface area contributed by atoms with Crippen molar-refractivity contribution in [3.8, 4) is 0 Å². The molecule has 0 unspecified atom stereocenters. The second-order valence-electron chi connectivity index (χ2n) is 4.51. The molecule has 3 nitrogen and oxygen atoms in total. The van der Waals surface area contributed by atoms with E-state index in [1.165, 1.54) is 12.1 Å². The van der Waals surface area contributed by atoms with Gasteiger partial charge in [0.25, 0.3) is 0 Å². The van der Waals surface area contributed by atoms with Crippen LogP contribution in [0.2, 0.25) is 10.0 Å². The third kappa shape index (κ3) is 3.08. The second-order valence-corrected chi connectivity index (χ2v) is 7.25. The van der Waals surface area contributed by atoms with Gasteiger partial charge >= 0.3 is 0 Å². The van der Waals surface area contributed by atoms with Crippen molar-refractivity contribution >= 4 is 38.7 Å². The molecule has 0 aliphatic carbocycles. The summed E-state index contributed by atoms with van der Waals surface area (Å²) in [5, 5.41) is 0.535. The highest BCUT2D eigenvalue weighted by molar-refractivity contribution is 7.91. The summed E-state index contributed by atoms with van der Waals surface area (Å²) in [5.74, 6) is -0.236. The van der Waals surface area contributed by atoms with Gasteiger partial charge in [0.05, 0.1) is 16.5 Å². The van der Waals surface area contributed by atoms with Crippen LogP contribution < -0.4 is 5.73 Å². The Balaban J connectivity index is 2.46. The summed E-state index contributed by atoms with van der Waals surface area (Å²) >= 11 is 12.0.